The van der Waals surface area contributed by atoms with Crippen molar-refractivity contribution in [1.29, 1.82) is 0 Å². The average molecular weight is 1050 g/mol. The summed E-state index contributed by atoms with van der Waals surface area (Å²) in [6.45, 7) is 21.9. The van der Waals surface area contributed by atoms with Crippen LogP contribution in [0.1, 0.15) is 111 Å². The fourth-order valence-electron chi connectivity index (χ4n) is 10.2. The molecule has 18 rings (SSSR count). The molecule has 0 unspecified atom stereocenters. The van der Waals surface area contributed by atoms with Crippen LogP contribution < -0.4 is 18.1 Å². The summed E-state index contributed by atoms with van der Waals surface area (Å²) in [5.74, 6) is 1.31. The van der Waals surface area contributed by atoms with Crippen molar-refractivity contribution >= 4 is 31.4 Å². The molecule has 0 radical (unpaired) electrons. The topological polar surface area (TPSA) is 93.2 Å². The Morgan fingerprint density at radius 3 is 0.763 bits per heavy atom. The first-order valence-corrected chi connectivity index (χ1v) is 29.0. The van der Waals surface area contributed by atoms with E-state index in [2.05, 4.69) is 128 Å². The van der Waals surface area contributed by atoms with Gasteiger partial charge in [0.1, 0.15) is 24.7 Å². The summed E-state index contributed by atoms with van der Waals surface area (Å²) in [4.78, 5) is 0.429. The Morgan fingerprint density at radius 2 is 0.526 bits per heavy atom. The maximum absolute atomic E-state index is 14.5. The first-order chi connectivity index (χ1) is 36.0. The number of nitrogens with zero attached hydrogens (tertiary/aromatic N) is 2. The monoisotopic (exact) mass is 1050 g/mol. The first-order valence-electron chi connectivity index (χ1n) is 26.1. The van der Waals surface area contributed by atoms with Crippen molar-refractivity contribution in [2.45, 2.75) is 101 Å². The molecule has 0 spiro atoms. The van der Waals surface area contributed by atoms with Crippen LogP contribution in [-0.2, 0) is 41.7 Å². The lowest BCUT2D eigenvalue weighted by Crippen LogP contribution is -2.35. The fraction of sp³-hybridized carbons (Fsp3) is 0.273. The molecule has 76 heavy (non-hydrogen) atoms. The van der Waals surface area contributed by atoms with E-state index in [4.69, 9.17) is 9.47 Å². The highest BCUT2D eigenvalue weighted by molar-refractivity contribution is 7.93. The van der Waals surface area contributed by atoms with Crippen molar-refractivity contribution in [2.24, 2.45) is 0 Å². The van der Waals surface area contributed by atoms with Crippen LogP contribution in [0.25, 0.3) is 0 Å². The zero-order chi connectivity index (χ0) is 54.3. The van der Waals surface area contributed by atoms with Gasteiger partial charge < -0.3 is 9.47 Å². The van der Waals surface area contributed by atoms with Gasteiger partial charge in [-0.3, -0.25) is 8.61 Å². The van der Waals surface area contributed by atoms with Crippen molar-refractivity contribution in [3.05, 3.63) is 250 Å². The average Bonchev–Trinajstić information content (AvgIpc) is 3.41. The van der Waals surface area contributed by atoms with Crippen LogP contribution in [0.4, 0.5) is 11.4 Å². The fourth-order valence-corrected chi connectivity index (χ4v) is 13.1. The molecule has 0 aliphatic carbocycles. The molecular formula is C66H70N2O6S2. The minimum atomic E-state index is -3.96. The molecular weight excluding hydrogens is 981 g/mol. The number of ether oxygens (including phenoxy) is 2. The maximum Gasteiger partial charge on any atom is 0.264 e. The second kappa shape index (κ2) is 20.8. The molecule has 12 bridgehead atoms. The second-order valence-electron chi connectivity index (χ2n) is 22.3. The lowest BCUT2D eigenvalue weighted by Gasteiger charge is -2.31. The summed E-state index contributed by atoms with van der Waals surface area (Å²) < 4.78 is 73.3. The predicted molar refractivity (Wildman–Crippen MR) is 310 cm³/mol. The molecule has 0 saturated carbocycles. The SMILES string of the molecule is Cc1ccc(S(=O)(=O)N2CCOc3ccc(cc3)C(C)(C)c3ccc(cc3)C(C)(C)c3ccc(cc3)OCCN(S(=O)(=O)c3ccc(C)cc3)c3ccc(cc3)C(C)(C)c3ccc(cc3)C(C)(C)c3ccc2cc3)cc1. The van der Waals surface area contributed by atoms with E-state index in [1.165, 1.54) is 8.61 Å². The van der Waals surface area contributed by atoms with Crippen molar-refractivity contribution in [3.63, 3.8) is 0 Å². The van der Waals surface area contributed by atoms with E-state index in [1.807, 2.05) is 111 Å². The molecule has 8 aromatic carbocycles. The number of anilines is 2. The van der Waals surface area contributed by atoms with Gasteiger partial charge in [0.05, 0.1) is 34.3 Å². The Bertz CT molecular complexity index is 3280. The van der Waals surface area contributed by atoms with Crippen LogP contribution in [-0.4, -0.2) is 43.1 Å². The summed E-state index contributed by atoms with van der Waals surface area (Å²) in [5.41, 5.74) is 10.3. The molecule has 10 heteroatoms. The number of hydrogen-bond donors (Lipinski definition) is 0. The maximum atomic E-state index is 14.5. The number of sulfonamides is 2. The number of aryl methyl sites for hydroxylation is 2. The summed E-state index contributed by atoms with van der Waals surface area (Å²) in [7, 11) is -7.92. The normalized spacial score (nSPS) is 16.6. The van der Waals surface area contributed by atoms with Gasteiger partial charge in [-0.05, 0) is 131 Å². The van der Waals surface area contributed by atoms with E-state index in [9.17, 15) is 16.8 Å². The van der Waals surface area contributed by atoms with Crippen molar-refractivity contribution in [2.75, 3.05) is 34.9 Å². The summed E-state index contributed by atoms with van der Waals surface area (Å²) in [6, 6.07) is 63.1. The molecule has 0 amide bonds. The van der Waals surface area contributed by atoms with E-state index in [1.54, 1.807) is 24.3 Å². The van der Waals surface area contributed by atoms with Crippen LogP contribution in [0.2, 0.25) is 0 Å². The van der Waals surface area contributed by atoms with Gasteiger partial charge in [-0.15, -0.1) is 0 Å². The van der Waals surface area contributed by atoms with Crippen LogP contribution in [0.15, 0.2) is 204 Å². The standard InChI is InChI=1S/C66H70N2O6S2/c1-47-11-39-61(40-12-47)75(69,70)67-43-45-73-59-35-27-55(28-36-59)65(7,8)51-19-21-52(22-20-51)66(9,10)56-29-37-60(38-30-56)74-46-44-68(76(71,72)62-41-13-48(2)14-42-62)58-33-25-54(26-34-58)64(5,6)50-17-15-49(16-18-50)63(3,4)53-23-31-57(67)32-24-53/h11-42H,43-46H2,1-10H3. The molecule has 0 saturated heterocycles. The van der Waals surface area contributed by atoms with Gasteiger partial charge in [-0.1, -0.05) is 188 Å². The van der Waals surface area contributed by atoms with Crippen LogP contribution >= 0.6 is 0 Å². The highest BCUT2D eigenvalue weighted by atomic mass is 32.2. The van der Waals surface area contributed by atoms with Crippen molar-refractivity contribution in [3.8, 4) is 11.5 Å². The van der Waals surface area contributed by atoms with Gasteiger partial charge in [-0.2, -0.15) is 0 Å². The molecule has 8 nitrogen and oxygen atoms in total. The summed E-state index contributed by atoms with van der Waals surface area (Å²) in [5, 5.41) is 0. The lowest BCUT2D eigenvalue weighted by molar-refractivity contribution is 0.328. The largest absolute Gasteiger partial charge is 0.492 e. The van der Waals surface area contributed by atoms with Crippen LogP contribution in [0.3, 0.4) is 0 Å². The van der Waals surface area contributed by atoms with Gasteiger partial charge in [0.2, 0.25) is 0 Å². The molecule has 10 aliphatic heterocycles. The third kappa shape index (κ3) is 10.7. The first kappa shape index (κ1) is 53.7. The van der Waals surface area contributed by atoms with Gasteiger partial charge >= 0.3 is 0 Å². The van der Waals surface area contributed by atoms with E-state index < -0.39 is 30.9 Å². The van der Waals surface area contributed by atoms with Gasteiger partial charge in [0.15, 0.2) is 0 Å². The van der Waals surface area contributed by atoms with E-state index in [0.29, 0.717) is 22.9 Å². The predicted octanol–water partition coefficient (Wildman–Crippen LogP) is 14.5. The Morgan fingerprint density at radius 1 is 0.316 bits per heavy atom. The van der Waals surface area contributed by atoms with E-state index in [-0.39, 0.29) is 46.9 Å². The van der Waals surface area contributed by atoms with Crippen LogP contribution in [0, 0.1) is 13.8 Å². The zero-order valence-corrected chi connectivity index (χ0v) is 47.1. The second-order valence-corrected chi connectivity index (χ2v) is 26.0. The molecule has 10 aliphatic rings. The molecule has 0 atom stereocenters. The lowest BCUT2D eigenvalue weighted by atomic mass is 9.74. The smallest absolute Gasteiger partial charge is 0.264 e. The molecule has 8 aromatic rings. The Labute approximate surface area is 452 Å². The third-order valence-corrected chi connectivity index (χ3v) is 19.6. The van der Waals surface area contributed by atoms with E-state index >= 15 is 0 Å². The number of hydrogen-bond acceptors (Lipinski definition) is 6. The Balaban J connectivity index is 1.07. The molecule has 10 heterocycles. The molecule has 0 aromatic heterocycles. The van der Waals surface area contributed by atoms with Gasteiger partial charge in [0.25, 0.3) is 20.0 Å². The minimum absolute atomic E-state index is 0.0948. The minimum Gasteiger partial charge on any atom is -0.492 e. The molecule has 392 valence electrons. The number of benzene rings is 8. The van der Waals surface area contributed by atoms with Gasteiger partial charge in [0, 0.05) is 21.7 Å². The molecule has 0 N–H and O–H groups in total. The highest BCUT2D eigenvalue weighted by Gasteiger charge is 2.32. The van der Waals surface area contributed by atoms with Crippen molar-refractivity contribution < 1.29 is 26.3 Å². The summed E-state index contributed by atoms with van der Waals surface area (Å²) >= 11 is 0. The van der Waals surface area contributed by atoms with Crippen LogP contribution in [0.5, 0.6) is 11.5 Å². The number of rotatable bonds is 4. The van der Waals surface area contributed by atoms with Crippen molar-refractivity contribution in [1.82, 2.24) is 0 Å². The third-order valence-electron chi connectivity index (χ3n) is 15.9. The quantitative estimate of drug-likeness (QED) is 0.174. The van der Waals surface area contributed by atoms with E-state index in [0.717, 1.165) is 55.6 Å². The highest BCUT2D eigenvalue weighted by Crippen LogP contribution is 2.40. The molecule has 0 fully saturated rings. The summed E-state index contributed by atoms with van der Waals surface area (Å²) in [6.07, 6.45) is 0. The Hall–Kier alpha value is -7.14. The van der Waals surface area contributed by atoms with Gasteiger partial charge in [-0.25, -0.2) is 16.8 Å². The zero-order valence-electron chi connectivity index (χ0n) is 45.5. The Kier molecular flexibility index (Phi) is 14.7.